The largest absolute Gasteiger partial charge is 0.455 e. The van der Waals surface area contributed by atoms with E-state index in [-0.39, 0.29) is 11.6 Å². The van der Waals surface area contributed by atoms with E-state index in [0.29, 0.717) is 36.8 Å². The van der Waals surface area contributed by atoms with Crippen LogP contribution in [0.5, 0.6) is 0 Å². The molecule has 9 heteroatoms. The Hall–Kier alpha value is -3.04. The molecule has 0 spiro atoms. The number of aryl methyl sites for hydroxylation is 1. The Balaban J connectivity index is 1.60. The van der Waals surface area contributed by atoms with Gasteiger partial charge in [0.25, 0.3) is 11.6 Å². The van der Waals surface area contributed by atoms with Gasteiger partial charge in [0.15, 0.2) is 6.54 Å². The zero-order valence-corrected chi connectivity index (χ0v) is 14.9. The molecule has 2 aromatic rings. The Morgan fingerprint density at radius 2 is 2.11 bits per heavy atom. The summed E-state index contributed by atoms with van der Waals surface area (Å²) in [4.78, 5) is 23.6. The zero-order valence-electron chi connectivity index (χ0n) is 14.9. The van der Waals surface area contributed by atoms with Crippen molar-refractivity contribution in [1.29, 1.82) is 0 Å². The van der Waals surface area contributed by atoms with Crippen LogP contribution in [0, 0.1) is 17.0 Å². The summed E-state index contributed by atoms with van der Waals surface area (Å²) in [5, 5.41) is 14.9. The maximum Gasteiger partial charge on any atom is 0.295 e. The van der Waals surface area contributed by atoms with Crippen molar-refractivity contribution in [3.63, 3.8) is 0 Å². The topological polar surface area (TPSA) is 111 Å². The zero-order chi connectivity index (χ0) is 19.2. The van der Waals surface area contributed by atoms with E-state index in [2.05, 4.69) is 10.5 Å². The lowest BCUT2D eigenvalue weighted by Crippen LogP contribution is -3.15. The molecule has 1 aromatic heterocycles. The van der Waals surface area contributed by atoms with Crippen molar-refractivity contribution in [3.05, 3.63) is 51.8 Å². The van der Waals surface area contributed by atoms with Gasteiger partial charge in [-0.3, -0.25) is 14.9 Å². The number of benzene rings is 1. The number of furan rings is 1. The lowest BCUT2D eigenvalue weighted by atomic mass is 10.1. The number of carbonyl (C=O) groups is 1. The van der Waals surface area contributed by atoms with E-state index in [9.17, 15) is 14.9 Å². The lowest BCUT2D eigenvalue weighted by Gasteiger charge is -2.22. The van der Waals surface area contributed by atoms with E-state index in [1.807, 2.05) is 6.92 Å². The van der Waals surface area contributed by atoms with E-state index < -0.39 is 4.92 Å². The monoisotopic (exact) mass is 373 g/mol. The van der Waals surface area contributed by atoms with Crippen LogP contribution in [0.4, 0.5) is 5.69 Å². The first-order chi connectivity index (χ1) is 13.0. The number of hydrogen-bond acceptors (Lipinski definition) is 6. The molecule has 1 saturated heterocycles. The van der Waals surface area contributed by atoms with Crippen LogP contribution in [0.3, 0.4) is 0 Å². The molecule has 0 unspecified atom stereocenters. The molecule has 0 radical (unpaired) electrons. The number of nitro benzene ring substituents is 1. The number of rotatable bonds is 6. The van der Waals surface area contributed by atoms with Crippen LogP contribution in [0.1, 0.15) is 11.3 Å². The van der Waals surface area contributed by atoms with Crippen LogP contribution in [0.2, 0.25) is 0 Å². The van der Waals surface area contributed by atoms with Gasteiger partial charge in [0, 0.05) is 17.7 Å². The average Bonchev–Trinajstić information content (AvgIpc) is 3.11. The third-order valence-corrected chi connectivity index (χ3v) is 4.32. The summed E-state index contributed by atoms with van der Waals surface area (Å²) >= 11 is 0. The summed E-state index contributed by atoms with van der Waals surface area (Å²) in [5.74, 6) is 0.765. The summed E-state index contributed by atoms with van der Waals surface area (Å²) in [7, 11) is 0. The number of ether oxygens (including phenoxy) is 1. The third kappa shape index (κ3) is 4.99. The molecule has 3 rings (SSSR count). The number of nitrogens with zero attached hydrogens (tertiary/aromatic N) is 2. The smallest absolute Gasteiger partial charge is 0.295 e. The highest BCUT2D eigenvalue weighted by Gasteiger charge is 2.17. The van der Waals surface area contributed by atoms with Crippen molar-refractivity contribution in [3.8, 4) is 11.3 Å². The fourth-order valence-electron chi connectivity index (χ4n) is 2.83. The number of hydrogen-bond donors (Lipinski definition) is 2. The Bertz CT molecular complexity index is 855. The Labute approximate surface area is 155 Å². The number of non-ortho nitro benzene ring substituents is 1. The minimum atomic E-state index is -0.444. The molecular weight excluding hydrogens is 352 g/mol. The van der Waals surface area contributed by atoms with E-state index >= 15 is 0 Å². The van der Waals surface area contributed by atoms with Crippen molar-refractivity contribution in [1.82, 2.24) is 5.43 Å². The number of hydrazone groups is 1. The predicted octanol–water partition coefficient (Wildman–Crippen LogP) is 0.528. The summed E-state index contributed by atoms with van der Waals surface area (Å²) in [6.07, 6.45) is 1.41. The van der Waals surface area contributed by atoms with Gasteiger partial charge in [-0.1, -0.05) is 6.07 Å². The first-order valence-corrected chi connectivity index (χ1v) is 8.61. The van der Waals surface area contributed by atoms with Crippen molar-refractivity contribution < 1.29 is 23.8 Å². The molecule has 1 fully saturated rings. The third-order valence-electron chi connectivity index (χ3n) is 4.32. The molecule has 2 N–H and O–H groups in total. The standard InChI is InChI=1S/C18H20N4O5/c1-13-2-3-14(22(24)25)10-16(13)17-5-4-15(27-17)11-19-20-18(23)12-21-6-8-26-9-7-21/h2-5,10-11H,6-9,12H2,1H3,(H,20,23)/p+1/b19-11-. The van der Waals surface area contributed by atoms with Gasteiger partial charge in [0.1, 0.15) is 24.6 Å². The van der Waals surface area contributed by atoms with Gasteiger partial charge >= 0.3 is 0 Å². The van der Waals surface area contributed by atoms with Crippen LogP contribution in [0.25, 0.3) is 11.3 Å². The van der Waals surface area contributed by atoms with Crippen LogP contribution in [-0.4, -0.2) is 49.9 Å². The normalized spacial score (nSPS) is 15.1. The Morgan fingerprint density at radius 1 is 1.33 bits per heavy atom. The molecule has 2 heterocycles. The second-order valence-corrected chi connectivity index (χ2v) is 6.29. The molecule has 0 aliphatic carbocycles. The Morgan fingerprint density at radius 3 is 2.85 bits per heavy atom. The SMILES string of the molecule is Cc1ccc([N+](=O)[O-])cc1-c1ccc(/C=N\NC(=O)C[NH+]2CCOCC2)o1. The highest BCUT2D eigenvalue weighted by Crippen LogP contribution is 2.28. The van der Waals surface area contributed by atoms with Crippen LogP contribution < -0.4 is 10.3 Å². The minimum absolute atomic E-state index is 0.0000863. The molecule has 0 bridgehead atoms. The van der Waals surface area contributed by atoms with Crippen LogP contribution >= 0.6 is 0 Å². The van der Waals surface area contributed by atoms with E-state index in [4.69, 9.17) is 9.15 Å². The molecule has 0 atom stereocenters. The molecule has 0 saturated carbocycles. The van der Waals surface area contributed by atoms with E-state index in [1.165, 1.54) is 18.3 Å². The van der Waals surface area contributed by atoms with Gasteiger partial charge in [-0.2, -0.15) is 5.10 Å². The second kappa shape index (κ2) is 8.56. The summed E-state index contributed by atoms with van der Waals surface area (Å²) < 4.78 is 10.9. The number of quaternary nitrogens is 1. The van der Waals surface area contributed by atoms with Gasteiger partial charge in [0.2, 0.25) is 0 Å². The first kappa shape index (κ1) is 18.7. The Kier molecular flexibility index (Phi) is 5.94. The second-order valence-electron chi connectivity index (χ2n) is 6.29. The number of morpholine rings is 1. The summed E-state index contributed by atoms with van der Waals surface area (Å²) in [5.41, 5.74) is 3.99. The highest BCUT2D eigenvalue weighted by molar-refractivity contribution is 5.81. The molecule has 1 aliphatic rings. The van der Waals surface area contributed by atoms with Gasteiger partial charge in [-0.05, 0) is 24.6 Å². The van der Waals surface area contributed by atoms with Crippen molar-refractivity contribution in [2.75, 3.05) is 32.8 Å². The molecular formula is C18H21N4O5+. The average molecular weight is 373 g/mol. The van der Waals surface area contributed by atoms with Crippen molar-refractivity contribution in [2.24, 2.45) is 5.10 Å². The maximum atomic E-state index is 11.9. The van der Waals surface area contributed by atoms with Crippen molar-refractivity contribution in [2.45, 2.75) is 6.92 Å². The number of nitro groups is 1. The van der Waals surface area contributed by atoms with Gasteiger partial charge in [-0.25, -0.2) is 5.43 Å². The quantitative estimate of drug-likeness (QED) is 0.436. The summed E-state index contributed by atoms with van der Waals surface area (Å²) in [6.45, 7) is 5.14. The first-order valence-electron chi connectivity index (χ1n) is 8.61. The van der Waals surface area contributed by atoms with E-state index in [0.717, 1.165) is 23.6 Å². The van der Waals surface area contributed by atoms with Crippen molar-refractivity contribution >= 4 is 17.8 Å². The molecule has 1 aromatic carbocycles. The highest BCUT2D eigenvalue weighted by atomic mass is 16.6. The minimum Gasteiger partial charge on any atom is -0.455 e. The maximum absolute atomic E-state index is 11.9. The fraction of sp³-hybridized carbons (Fsp3) is 0.333. The van der Waals surface area contributed by atoms with Crippen LogP contribution in [-0.2, 0) is 9.53 Å². The number of amides is 1. The molecule has 1 amide bonds. The predicted molar refractivity (Wildman–Crippen MR) is 97.7 cm³/mol. The molecule has 142 valence electrons. The molecule has 27 heavy (non-hydrogen) atoms. The molecule has 1 aliphatic heterocycles. The molecule has 9 nitrogen and oxygen atoms in total. The fourth-order valence-corrected chi connectivity index (χ4v) is 2.83. The van der Waals surface area contributed by atoms with Gasteiger partial charge < -0.3 is 14.1 Å². The summed E-state index contributed by atoms with van der Waals surface area (Å²) in [6, 6.07) is 8.01. The number of nitrogens with one attached hydrogen (secondary N) is 2. The number of carbonyl (C=O) groups excluding carboxylic acids is 1. The van der Waals surface area contributed by atoms with E-state index in [1.54, 1.807) is 18.2 Å². The van der Waals surface area contributed by atoms with Gasteiger partial charge in [-0.15, -0.1) is 0 Å². The van der Waals surface area contributed by atoms with Crippen LogP contribution in [0.15, 0.2) is 39.9 Å². The van der Waals surface area contributed by atoms with Gasteiger partial charge in [0.05, 0.1) is 24.4 Å². The lowest BCUT2D eigenvalue weighted by molar-refractivity contribution is -0.900.